The molecule has 1 aliphatic rings. The second-order valence-electron chi connectivity index (χ2n) is 13.1. The molecule has 0 spiro atoms. The average molecular weight is 654 g/mol. The zero-order chi connectivity index (χ0) is 33.7. The van der Waals surface area contributed by atoms with Gasteiger partial charge < -0.3 is 4.42 Å². The van der Waals surface area contributed by atoms with Crippen LogP contribution in [0.2, 0.25) is 0 Å². The molecule has 0 amide bonds. The van der Waals surface area contributed by atoms with Gasteiger partial charge in [0.15, 0.2) is 17.5 Å². The summed E-state index contributed by atoms with van der Waals surface area (Å²) in [5, 5.41) is 4.51. The summed E-state index contributed by atoms with van der Waals surface area (Å²) in [7, 11) is 0. The van der Waals surface area contributed by atoms with Crippen LogP contribution in [0, 0.1) is 0 Å². The zero-order valence-electron chi connectivity index (χ0n) is 27.8. The van der Waals surface area contributed by atoms with Crippen LogP contribution in [0.15, 0.2) is 162 Å². The molecule has 0 radical (unpaired) electrons. The molecule has 2 aromatic heterocycles. The maximum absolute atomic E-state index is 6.69. The molecule has 4 nitrogen and oxygen atoms in total. The standard InChI is InChI=1S/C47H31N3O/c1-2-13-34(14-3-1)45-48-46(36-28-23-30-11-4-5-15-35(30)29-36)50-47(49-45)41-21-10-22-42-43(41)40-20-9-19-39(44(40)51-42)33-26-24-32(25-27-33)38-18-8-16-31-12-6-7-17-37(31)38/h1-3,5-10,12-29H,4,11H2. The largest absolute Gasteiger partial charge is 0.455 e. The minimum atomic E-state index is 0.616. The summed E-state index contributed by atoms with van der Waals surface area (Å²) in [6.07, 6.45) is 6.56. The number of aromatic nitrogens is 3. The van der Waals surface area contributed by atoms with Crippen molar-refractivity contribution in [3.63, 3.8) is 0 Å². The van der Waals surface area contributed by atoms with E-state index in [9.17, 15) is 0 Å². The third-order valence-corrected chi connectivity index (χ3v) is 10.0. The normalized spacial score (nSPS) is 12.5. The van der Waals surface area contributed by atoms with Gasteiger partial charge in [-0.2, -0.15) is 0 Å². The molecule has 0 bridgehead atoms. The van der Waals surface area contributed by atoms with Crippen LogP contribution in [0.5, 0.6) is 0 Å². The van der Waals surface area contributed by atoms with Gasteiger partial charge in [0.1, 0.15) is 11.2 Å². The van der Waals surface area contributed by atoms with Crippen LogP contribution in [-0.2, 0) is 6.42 Å². The van der Waals surface area contributed by atoms with Crippen molar-refractivity contribution >= 4 is 38.8 Å². The Kier molecular flexibility index (Phi) is 6.91. The van der Waals surface area contributed by atoms with Crippen LogP contribution >= 0.6 is 0 Å². The fourth-order valence-corrected chi connectivity index (χ4v) is 7.48. The van der Waals surface area contributed by atoms with Crippen LogP contribution in [0.4, 0.5) is 0 Å². The number of para-hydroxylation sites is 1. The monoisotopic (exact) mass is 653 g/mol. The zero-order valence-corrected chi connectivity index (χ0v) is 27.8. The highest BCUT2D eigenvalue weighted by Gasteiger charge is 2.20. The third kappa shape index (κ3) is 5.12. The van der Waals surface area contributed by atoms with Crippen LogP contribution < -0.4 is 0 Å². The average Bonchev–Trinajstić information content (AvgIpc) is 3.60. The predicted octanol–water partition coefficient (Wildman–Crippen LogP) is 12.2. The Morgan fingerprint density at radius 2 is 1.12 bits per heavy atom. The molecular weight excluding hydrogens is 623 g/mol. The molecule has 0 N–H and O–H groups in total. The number of rotatable bonds is 5. The van der Waals surface area contributed by atoms with Crippen molar-refractivity contribution in [1.29, 1.82) is 0 Å². The molecule has 0 fully saturated rings. The van der Waals surface area contributed by atoms with Gasteiger partial charge in [0.2, 0.25) is 0 Å². The van der Waals surface area contributed by atoms with Crippen LogP contribution in [0.3, 0.4) is 0 Å². The van der Waals surface area contributed by atoms with Gasteiger partial charge in [-0.15, -0.1) is 0 Å². The van der Waals surface area contributed by atoms with E-state index in [0.29, 0.717) is 17.5 Å². The van der Waals surface area contributed by atoms with Crippen molar-refractivity contribution < 1.29 is 4.42 Å². The number of allylic oxidation sites excluding steroid dienone is 1. The highest BCUT2D eigenvalue weighted by Crippen LogP contribution is 2.41. The lowest BCUT2D eigenvalue weighted by Gasteiger charge is -2.13. The van der Waals surface area contributed by atoms with Gasteiger partial charge in [-0.25, -0.2) is 15.0 Å². The summed E-state index contributed by atoms with van der Waals surface area (Å²) >= 11 is 0. The molecule has 0 unspecified atom stereocenters. The van der Waals surface area contributed by atoms with Crippen molar-refractivity contribution in [2.24, 2.45) is 0 Å². The summed E-state index contributed by atoms with van der Waals surface area (Å²) < 4.78 is 6.69. The van der Waals surface area contributed by atoms with Crippen molar-refractivity contribution in [1.82, 2.24) is 15.0 Å². The summed E-state index contributed by atoms with van der Waals surface area (Å²) in [5.74, 6) is 1.91. The molecule has 0 aliphatic heterocycles. The van der Waals surface area contributed by atoms with Gasteiger partial charge >= 0.3 is 0 Å². The Bertz CT molecular complexity index is 2790. The highest BCUT2D eigenvalue weighted by molar-refractivity contribution is 6.15. The molecule has 1 aliphatic carbocycles. The van der Waals surface area contributed by atoms with E-state index in [1.807, 2.05) is 42.5 Å². The lowest BCUT2D eigenvalue weighted by molar-refractivity contribution is 0.670. The van der Waals surface area contributed by atoms with Gasteiger partial charge in [0.05, 0.1) is 0 Å². The van der Waals surface area contributed by atoms with E-state index in [4.69, 9.17) is 19.4 Å². The molecule has 9 aromatic rings. The molecule has 51 heavy (non-hydrogen) atoms. The molecule has 10 rings (SSSR count). The summed E-state index contributed by atoms with van der Waals surface area (Å²) in [6.45, 7) is 0. The Labute approximate surface area is 295 Å². The maximum Gasteiger partial charge on any atom is 0.164 e. The first-order valence-electron chi connectivity index (χ1n) is 17.4. The molecular formula is C47H31N3O. The number of hydrogen-bond donors (Lipinski definition) is 0. The highest BCUT2D eigenvalue weighted by atomic mass is 16.3. The Hall–Kier alpha value is -6.65. The van der Waals surface area contributed by atoms with Crippen LogP contribution in [0.1, 0.15) is 17.5 Å². The SMILES string of the molecule is C1=Cc2cc(-c3nc(-c4ccccc4)nc(-c4cccc5oc6c(-c7ccc(-c8cccc9ccccc89)cc7)cccc6c45)n3)ccc2CC1. The minimum absolute atomic E-state index is 0.616. The number of hydrogen-bond acceptors (Lipinski definition) is 4. The Morgan fingerprint density at radius 1 is 0.471 bits per heavy atom. The molecule has 0 atom stereocenters. The van der Waals surface area contributed by atoms with Gasteiger partial charge in [-0.3, -0.25) is 0 Å². The van der Waals surface area contributed by atoms with Crippen molar-refractivity contribution in [2.75, 3.05) is 0 Å². The van der Waals surface area contributed by atoms with E-state index in [-0.39, 0.29) is 0 Å². The van der Waals surface area contributed by atoms with E-state index < -0.39 is 0 Å². The van der Waals surface area contributed by atoms with E-state index in [0.717, 1.165) is 62.6 Å². The van der Waals surface area contributed by atoms with Gasteiger partial charge in [-0.05, 0) is 63.6 Å². The Morgan fingerprint density at radius 3 is 2.00 bits per heavy atom. The second kappa shape index (κ2) is 12.0. The molecule has 2 heterocycles. The molecule has 0 saturated heterocycles. The first kappa shape index (κ1) is 29.3. The lowest BCUT2D eigenvalue weighted by atomic mass is 9.95. The lowest BCUT2D eigenvalue weighted by Crippen LogP contribution is -2.01. The van der Waals surface area contributed by atoms with Gasteiger partial charge in [0, 0.05) is 33.0 Å². The van der Waals surface area contributed by atoms with Crippen molar-refractivity contribution in [3.05, 3.63) is 169 Å². The van der Waals surface area contributed by atoms with E-state index in [1.165, 1.54) is 33.0 Å². The summed E-state index contributed by atoms with van der Waals surface area (Å²) in [6, 6.07) is 53.0. The topological polar surface area (TPSA) is 51.8 Å². The molecule has 0 saturated carbocycles. The fourth-order valence-electron chi connectivity index (χ4n) is 7.48. The number of benzene rings is 7. The summed E-state index contributed by atoms with van der Waals surface area (Å²) in [4.78, 5) is 15.2. The van der Waals surface area contributed by atoms with E-state index in [1.54, 1.807) is 0 Å². The van der Waals surface area contributed by atoms with Gasteiger partial charge in [-0.1, -0.05) is 152 Å². The number of furan rings is 1. The summed E-state index contributed by atoms with van der Waals surface area (Å²) in [5.41, 5.74) is 11.6. The third-order valence-electron chi connectivity index (χ3n) is 10.0. The van der Waals surface area contributed by atoms with Crippen LogP contribution in [-0.4, -0.2) is 15.0 Å². The molecule has 4 heteroatoms. The Balaban J connectivity index is 1.11. The van der Waals surface area contributed by atoms with Crippen LogP contribution in [0.25, 0.3) is 95.2 Å². The van der Waals surface area contributed by atoms with Crippen molar-refractivity contribution in [2.45, 2.75) is 12.8 Å². The first-order chi connectivity index (χ1) is 25.3. The number of nitrogens with zero attached hydrogens (tertiary/aromatic N) is 3. The smallest absolute Gasteiger partial charge is 0.164 e. The van der Waals surface area contributed by atoms with E-state index in [2.05, 4.69) is 121 Å². The minimum Gasteiger partial charge on any atom is -0.455 e. The predicted molar refractivity (Wildman–Crippen MR) is 209 cm³/mol. The number of fused-ring (bicyclic) bond motifs is 5. The molecule has 240 valence electrons. The van der Waals surface area contributed by atoms with E-state index >= 15 is 0 Å². The quantitative estimate of drug-likeness (QED) is 0.185. The van der Waals surface area contributed by atoms with Crippen molar-refractivity contribution in [3.8, 4) is 56.4 Å². The first-order valence-corrected chi connectivity index (χ1v) is 17.4. The van der Waals surface area contributed by atoms with Gasteiger partial charge in [0.25, 0.3) is 0 Å². The second-order valence-corrected chi connectivity index (χ2v) is 13.1. The fraction of sp³-hybridized carbons (Fsp3) is 0.0426. The number of aryl methyl sites for hydroxylation is 1. The molecule has 7 aromatic carbocycles. The maximum atomic E-state index is 6.69.